The molecular formula is C27H30F2N2O3. The van der Waals surface area contributed by atoms with Gasteiger partial charge in [-0.3, -0.25) is 4.79 Å². The lowest BCUT2D eigenvalue weighted by atomic mass is 10.00. The highest BCUT2D eigenvalue weighted by Crippen LogP contribution is 2.15. The number of methoxy groups -OCH3 is 1. The maximum absolute atomic E-state index is 13.7. The Morgan fingerprint density at radius 1 is 0.971 bits per heavy atom. The van der Waals surface area contributed by atoms with Crippen LogP contribution in [0.25, 0.3) is 0 Å². The van der Waals surface area contributed by atoms with Gasteiger partial charge in [-0.15, -0.1) is 0 Å². The third-order valence-electron chi connectivity index (χ3n) is 5.59. The average Bonchev–Trinajstić information content (AvgIpc) is 2.83. The summed E-state index contributed by atoms with van der Waals surface area (Å²) in [4.78, 5) is 12.8. The van der Waals surface area contributed by atoms with E-state index in [-0.39, 0.29) is 13.0 Å². The topological polar surface area (TPSA) is 70.6 Å². The lowest BCUT2D eigenvalue weighted by Crippen LogP contribution is -2.48. The molecule has 3 aromatic carbocycles. The Kier molecular flexibility index (Phi) is 9.13. The number of amides is 1. The molecule has 0 aliphatic carbocycles. The normalized spacial score (nSPS) is 12.7. The van der Waals surface area contributed by atoms with E-state index < -0.39 is 29.7 Å². The molecule has 0 fully saturated rings. The minimum absolute atomic E-state index is 0.0603. The summed E-state index contributed by atoms with van der Waals surface area (Å²) >= 11 is 0. The first-order valence-electron chi connectivity index (χ1n) is 11.2. The second-order valence-electron chi connectivity index (χ2n) is 8.16. The molecule has 0 heterocycles. The second kappa shape index (κ2) is 12.3. The number of rotatable bonds is 11. The monoisotopic (exact) mass is 468 g/mol. The van der Waals surface area contributed by atoms with Crippen molar-refractivity contribution < 1.29 is 23.4 Å². The van der Waals surface area contributed by atoms with Crippen LogP contribution in [0.5, 0.6) is 5.75 Å². The highest BCUT2D eigenvalue weighted by atomic mass is 19.1. The number of nitrogens with one attached hydrogen (secondary N) is 2. The van der Waals surface area contributed by atoms with E-state index in [4.69, 9.17) is 4.74 Å². The van der Waals surface area contributed by atoms with Gasteiger partial charge in [0.25, 0.3) is 5.91 Å². The molecule has 0 saturated heterocycles. The molecule has 3 rings (SSSR count). The summed E-state index contributed by atoms with van der Waals surface area (Å²) in [6.07, 6.45) is -0.00639. The number of hydrogen-bond donors (Lipinski definition) is 3. The van der Waals surface area contributed by atoms with Crippen LogP contribution in [0.4, 0.5) is 8.78 Å². The Labute approximate surface area is 198 Å². The van der Waals surface area contributed by atoms with Crippen LogP contribution in [0, 0.1) is 11.6 Å². The van der Waals surface area contributed by atoms with Gasteiger partial charge in [-0.05, 0) is 65.9 Å². The number of hydrogen-bond acceptors (Lipinski definition) is 4. The molecular weight excluding hydrogens is 438 g/mol. The Bertz CT molecular complexity index is 1070. The Hall–Kier alpha value is -3.29. The van der Waals surface area contributed by atoms with Crippen molar-refractivity contribution in [2.45, 2.75) is 38.5 Å². The largest absolute Gasteiger partial charge is 0.497 e. The minimum Gasteiger partial charge on any atom is -0.497 e. The molecule has 0 aliphatic rings. The molecule has 0 aromatic heterocycles. The molecule has 0 saturated carbocycles. The van der Waals surface area contributed by atoms with Crippen LogP contribution in [0.1, 0.15) is 34.0 Å². The Morgan fingerprint density at radius 3 is 2.29 bits per heavy atom. The summed E-state index contributed by atoms with van der Waals surface area (Å²) in [5.74, 6) is -1.21. The molecule has 0 spiro atoms. The van der Waals surface area contributed by atoms with Gasteiger partial charge in [0.2, 0.25) is 0 Å². The first-order chi connectivity index (χ1) is 16.4. The first-order valence-corrected chi connectivity index (χ1v) is 11.2. The van der Waals surface area contributed by atoms with Crippen molar-refractivity contribution in [1.82, 2.24) is 10.6 Å². The van der Waals surface area contributed by atoms with Crippen LogP contribution in [-0.2, 0) is 19.4 Å². The molecule has 2 atom stereocenters. The number of aliphatic hydroxyl groups is 1. The van der Waals surface area contributed by atoms with Crippen LogP contribution < -0.4 is 15.4 Å². The Morgan fingerprint density at radius 2 is 1.65 bits per heavy atom. The number of carbonyl (C=O) groups is 1. The van der Waals surface area contributed by atoms with E-state index >= 15 is 0 Å². The number of aliphatic hydroxyl groups excluding tert-OH is 1. The molecule has 34 heavy (non-hydrogen) atoms. The highest BCUT2D eigenvalue weighted by molar-refractivity contribution is 5.94. The fraction of sp³-hybridized carbons (Fsp3) is 0.296. The van der Waals surface area contributed by atoms with Crippen molar-refractivity contribution in [2.24, 2.45) is 0 Å². The summed E-state index contributed by atoms with van der Waals surface area (Å²) in [6.45, 7) is 2.81. The number of carbonyl (C=O) groups excluding carboxylic acids is 1. The molecule has 0 bridgehead atoms. The second-order valence-corrected chi connectivity index (χ2v) is 8.16. The van der Waals surface area contributed by atoms with Gasteiger partial charge in [-0.25, -0.2) is 8.78 Å². The van der Waals surface area contributed by atoms with Gasteiger partial charge < -0.3 is 20.5 Å². The molecule has 5 nitrogen and oxygen atoms in total. The zero-order valence-electron chi connectivity index (χ0n) is 19.4. The fourth-order valence-corrected chi connectivity index (χ4v) is 3.73. The summed E-state index contributed by atoms with van der Waals surface area (Å²) < 4.78 is 32.5. The fourth-order valence-electron chi connectivity index (χ4n) is 3.73. The highest BCUT2D eigenvalue weighted by Gasteiger charge is 2.23. The van der Waals surface area contributed by atoms with E-state index in [2.05, 4.69) is 29.7 Å². The van der Waals surface area contributed by atoms with Crippen LogP contribution in [0.2, 0.25) is 0 Å². The van der Waals surface area contributed by atoms with Crippen molar-refractivity contribution in [3.05, 3.63) is 101 Å². The average molecular weight is 469 g/mol. The van der Waals surface area contributed by atoms with Crippen LogP contribution in [0.15, 0.2) is 66.7 Å². The molecule has 7 heteroatoms. The van der Waals surface area contributed by atoms with E-state index in [1.807, 2.05) is 12.1 Å². The summed E-state index contributed by atoms with van der Waals surface area (Å²) in [5.41, 5.74) is 3.02. The zero-order valence-corrected chi connectivity index (χ0v) is 19.4. The maximum atomic E-state index is 13.7. The van der Waals surface area contributed by atoms with Gasteiger partial charge in [0.1, 0.15) is 17.4 Å². The predicted octanol–water partition coefficient (Wildman–Crippen LogP) is 4.03. The number of ether oxygens (including phenoxy) is 1. The maximum Gasteiger partial charge on any atom is 0.251 e. The van der Waals surface area contributed by atoms with Crippen LogP contribution >= 0.6 is 0 Å². The molecule has 180 valence electrons. The third-order valence-corrected chi connectivity index (χ3v) is 5.59. The molecule has 0 aliphatic heterocycles. The summed E-state index contributed by atoms with van der Waals surface area (Å²) in [6, 6.07) is 17.1. The van der Waals surface area contributed by atoms with Gasteiger partial charge in [0.05, 0.1) is 19.3 Å². The summed E-state index contributed by atoms with van der Waals surface area (Å²) in [7, 11) is 1.53. The SMILES string of the molecule is CCc1cccc(CNC[C@@H](O)[C@H](Cc2cc(F)cc(F)c2)NC(=O)c2ccc(OC)cc2)c1. The van der Waals surface area contributed by atoms with Gasteiger partial charge >= 0.3 is 0 Å². The third kappa shape index (κ3) is 7.37. The smallest absolute Gasteiger partial charge is 0.251 e. The molecule has 0 unspecified atom stereocenters. The summed E-state index contributed by atoms with van der Waals surface area (Å²) in [5, 5.41) is 16.9. The minimum atomic E-state index is -0.997. The van der Waals surface area contributed by atoms with Gasteiger partial charge in [0, 0.05) is 24.7 Å². The lowest BCUT2D eigenvalue weighted by Gasteiger charge is -2.25. The van der Waals surface area contributed by atoms with E-state index in [0.717, 1.165) is 18.1 Å². The lowest BCUT2D eigenvalue weighted by molar-refractivity contribution is 0.0830. The number of aryl methyl sites for hydroxylation is 1. The molecule has 0 radical (unpaired) electrons. The number of benzene rings is 3. The van der Waals surface area contributed by atoms with Crippen LogP contribution in [0.3, 0.4) is 0 Å². The quantitative estimate of drug-likeness (QED) is 0.398. The van der Waals surface area contributed by atoms with Gasteiger partial charge in [-0.2, -0.15) is 0 Å². The Balaban J connectivity index is 1.70. The molecule has 3 N–H and O–H groups in total. The van der Waals surface area contributed by atoms with E-state index in [1.54, 1.807) is 24.3 Å². The standard InChI is InChI=1S/C27H30F2N2O3/c1-3-18-5-4-6-19(11-18)16-30-17-26(32)25(14-20-12-22(28)15-23(29)13-20)31-27(33)21-7-9-24(34-2)10-8-21/h4-13,15,25-26,30,32H,3,14,16-17H2,1-2H3,(H,31,33)/t25-,26+/m0/s1. The van der Waals surface area contributed by atoms with Gasteiger partial charge in [0.15, 0.2) is 0 Å². The van der Waals surface area contributed by atoms with Gasteiger partial charge in [-0.1, -0.05) is 31.2 Å². The van der Waals surface area contributed by atoms with E-state index in [0.29, 0.717) is 23.4 Å². The van der Waals surface area contributed by atoms with Crippen molar-refractivity contribution in [3.8, 4) is 5.75 Å². The van der Waals surface area contributed by atoms with E-state index in [9.17, 15) is 18.7 Å². The predicted molar refractivity (Wildman–Crippen MR) is 128 cm³/mol. The van der Waals surface area contributed by atoms with Crippen molar-refractivity contribution in [1.29, 1.82) is 0 Å². The van der Waals surface area contributed by atoms with E-state index in [1.165, 1.54) is 24.8 Å². The van der Waals surface area contributed by atoms with Crippen molar-refractivity contribution in [2.75, 3.05) is 13.7 Å². The zero-order chi connectivity index (χ0) is 24.5. The molecule has 3 aromatic rings. The van der Waals surface area contributed by atoms with Crippen molar-refractivity contribution in [3.63, 3.8) is 0 Å². The molecule has 1 amide bonds. The van der Waals surface area contributed by atoms with Crippen LogP contribution in [-0.4, -0.2) is 36.8 Å². The van der Waals surface area contributed by atoms with Crippen molar-refractivity contribution >= 4 is 5.91 Å². The first kappa shape index (κ1) is 25.3. The number of halogens is 2.